The monoisotopic (exact) mass is 416 g/mol. The molecule has 2 aromatic rings. The van der Waals surface area contributed by atoms with Crippen molar-refractivity contribution in [2.45, 2.75) is 9.79 Å². The van der Waals surface area contributed by atoms with E-state index in [0.29, 0.717) is 6.61 Å². The molecule has 0 amide bonds. The molecule has 1 N–H and O–H groups in total. The van der Waals surface area contributed by atoms with Gasteiger partial charge >= 0.3 is 0 Å². The summed E-state index contributed by atoms with van der Waals surface area (Å²) in [5, 5.41) is 9.81. The maximum Gasteiger partial charge on any atom is 0.128 e. The lowest BCUT2D eigenvalue weighted by Crippen LogP contribution is -2.47. The highest BCUT2D eigenvalue weighted by atomic mass is 35.5. The Morgan fingerprint density at radius 2 is 1.71 bits per heavy atom. The lowest BCUT2D eigenvalue weighted by Gasteiger charge is -2.34. The third kappa shape index (κ3) is 4.73. The highest BCUT2D eigenvalue weighted by molar-refractivity contribution is 7.99. The van der Waals surface area contributed by atoms with Crippen molar-refractivity contribution >= 4 is 35.2 Å². The fourth-order valence-electron chi connectivity index (χ4n) is 3.60. The highest BCUT2D eigenvalue weighted by Gasteiger charge is 2.19. The maximum atomic E-state index is 9.07. The van der Waals surface area contributed by atoms with E-state index in [-0.39, 0.29) is 6.61 Å². The third-order valence-electron chi connectivity index (χ3n) is 5.18. The molecule has 0 spiro atoms. The van der Waals surface area contributed by atoms with Crippen LogP contribution in [-0.4, -0.2) is 67.4 Å². The minimum Gasteiger partial charge on any atom is -0.492 e. The first kappa shape index (κ1) is 19.8. The first-order valence-corrected chi connectivity index (χ1v) is 10.9. The summed E-state index contributed by atoms with van der Waals surface area (Å²) >= 11 is 7.98. The van der Waals surface area contributed by atoms with E-state index in [1.165, 1.54) is 9.79 Å². The van der Waals surface area contributed by atoms with Crippen LogP contribution in [0.3, 0.4) is 0 Å². The van der Waals surface area contributed by atoms with Crippen LogP contribution in [0.2, 0.25) is 5.02 Å². The fourth-order valence-corrected chi connectivity index (χ4v) is 4.82. The van der Waals surface area contributed by atoms with E-state index in [2.05, 4.69) is 46.2 Å². The van der Waals surface area contributed by atoms with Crippen LogP contribution in [0, 0.1) is 0 Å². The standard InChI is InChI=1S/C22H25ClN2O2S/c23-18-5-6-21-17(15-18)16-20(19-3-1-2-4-22(19)28-21)27-14-12-25-9-7-24(8-10-25)11-13-26/h1-6,15-16,26H,7-14H2. The Kier molecular flexibility index (Phi) is 6.60. The molecule has 0 aliphatic carbocycles. The second kappa shape index (κ2) is 9.33. The topological polar surface area (TPSA) is 35.9 Å². The molecule has 2 heterocycles. The van der Waals surface area contributed by atoms with Crippen molar-refractivity contribution < 1.29 is 9.84 Å². The molecule has 4 nitrogen and oxygen atoms in total. The van der Waals surface area contributed by atoms with Gasteiger partial charge in [0, 0.05) is 59.6 Å². The third-order valence-corrected chi connectivity index (χ3v) is 6.58. The van der Waals surface area contributed by atoms with E-state index in [4.69, 9.17) is 21.4 Å². The fraction of sp³-hybridized carbons (Fsp3) is 0.364. The van der Waals surface area contributed by atoms with Crippen molar-refractivity contribution in [3.8, 4) is 0 Å². The molecular formula is C22H25ClN2O2S. The lowest BCUT2D eigenvalue weighted by molar-refractivity contribution is 0.0980. The van der Waals surface area contributed by atoms with E-state index in [1.54, 1.807) is 11.8 Å². The Morgan fingerprint density at radius 1 is 0.964 bits per heavy atom. The van der Waals surface area contributed by atoms with Crippen molar-refractivity contribution in [2.75, 3.05) is 52.5 Å². The summed E-state index contributed by atoms with van der Waals surface area (Å²) in [4.78, 5) is 7.12. The number of fused-ring (bicyclic) bond motifs is 2. The first-order chi connectivity index (χ1) is 13.7. The SMILES string of the molecule is OCCN1CCN(CCOC2=Cc3cc(Cl)ccc3Sc3ccccc32)CC1. The molecule has 0 atom stereocenters. The van der Waals surface area contributed by atoms with Crippen LogP contribution in [0.25, 0.3) is 11.8 Å². The van der Waals surface area contributed by atoms with Crippen LogP contribution in [0.5, 0.6) is 0 Å². The molecule has 148 valence electrons. The van der Waals surface area contributed by atoms with Crippen molar-refractivity contribution in [1.29, 1.82) is 0 Å². The van der Waals surface area contributed by atoms with Crippen LogP contribution in [0.1, 0.15) is 11.1 Å². The van der Waals surface area contributed by atoms with Gasteiger partial charge in [0.2, 0.25) is 0 Å². The lowest BCUT2D eigenvalue weighted by atomic mass is 10.1. The molecule has 0 saturated carbocycles. The Morgan fingerprint density at radius 3 is 2.50 bits per heavy atom. The van der Waals surface area contributed by atoms with Gasteiger partial charge in [-0.1, -0.05) is 41.6 Å². The van der Waals surface area contributed by atoms with E-state index >= 15 is 0 Å². The second-order valence-corrected chi connectivity index (χ2v) is 8.56. The predicted molar refractivity (Wildman–Crippen MR) is 116 cm³/mol. The number of aliphatic hydroxyl groups excluding tert-OH is 1. The van der Waals surface area contributed by atoms with Gasteiger partial charge in [-0.15, -0.1) is 0 Å². The normalized spacial score (nSPS) is 17.4. The number of benzene rings is 2. The zero-order valence-corrected chi connectivity index (χ0v) is 17.4. The molecule has 0 unspecified atom stereocenters. The summed E-state index contributed by atoms with van der Waals surface area (Å²) in [5.41, 5.74) is 2.23. The zero-order chi connectivity index (χ0) is 19.3. The summed E-state index contributed by atoms with van der Waals surface area (Å²) in [6.45, 7) is 6.63. The molecule has 2 aliphatic rings. The Balaban J connectivity index is 1.44. The van der Waals surface area contributed by atoms with Crippen LogP contribution >= 0.6 is 23.4 Å². The second-order valence-electron chi connectivity index (χ2n) is 7.04. The number of rotatable bonds is 6. The molecular weight excluding hydrogens is 392 g/mol. The van der Waals surface area contributed by atoms with Crippen molar-refractivity contribution in [1.82, 2.24) is 9.80 Å². The summed E-state index contributed by atoms with van der Waals surface area (Å²) in [6.07, 6.45) is 2.11. The number of hydrogen-bond acceptors (Lipinski definition) is 5. The summed E-state index contributed by atoms with van der Waals surface area (Å²) in [7, 11) is 0. The quantitative estimate of drug-likeness (QED) is 0.772. The van der Waals surface area contributed by atoms with Crippen molar-refractivity contribution in [3.63, 3.8) is 0 Å². The number of halogens is 1. The minimum absolute atomic E-state index is 0.236. The van der Waals surface area contributed by atoms with E-state index < -0.39 is 0 Å². The molecule has 0 radical (unpaired) electrons. The Hall–Kier alpha value is -1.50. The van der Waals surface area contributed by atoms with Crippen LogP contribution in [0.15, 0.2) is 52.3 Å². The summed E-state index contributed by atoms with van der Waals surface area (Å²) < 4.78 is 6.27. The van der Waals surface area contributed by atoms with Gasteiger partial charge in [0.15, 0.2) is 0 Å². The van der Waals surface area contributed by atoms with Gasteiger partial charge in [-0.05, 0) is 35.9 Å². The first-order valence-electron chi connectivity index (χ1n) is 9.70. The van der Waals surface area contributed by atoms with Gasteiger partial charge in [-0.3, -0.25) is 9.80 Å². The van der Waals surface area contributed by atoms with Crippen LogP contribution < -0.4 is 0 Å². The van der Waals surface area contributed by atoms with Gasteiger partial charge < -0.3 is 9.84 Å². The van der Waals surface area contributed by atoms with E-state index in [1.807, 2.05) is 12.1 Å². The zero-order valence-electron chi connectivity index (χ0n) is 15.8. The molecule has 2 aliphatic heterocycles. The van der Waals surface area contributed by atoms with Crippen LogP contribution in [0.4, 0.5) is 0 Å². The summed E-state index contributed by atoms with van der Waals surface area (Å²) in [6, 6.07) is 14.4. The van der Waals surface area contributed by atoms with Crippen molar-refractivity contribution in [3.05, 3.63) is 58.6 Å². The molecule has 4 rings (SSSR count). The Bertz CT molecular complexity index is 850. The summed E-state index contributed by atoms with van der Waals surface area (Å²) in [5.74, 6) is 0.906. The average molecular weight is 417 g/mol. The number of piperazine rings is 1. The number of ether oxygens (including phenoxy) is 1. The molecule has 2 aromatic carbocycles. The molecule has 1 saturated heterocycles. The number of β-amino-alcohol motifs (C(OH)–C–C–N with tert-alkyl or cyclic N) is 1. The largest absolute Gasteiger partial charge is 0.492 e. The molecule has 0 bridgehead atoms. The molecule has 28 heavy (non-hydrogen) atoms. The predicted octanol–water partition coefficient (Wildman–Crippen LogP) is 3.93. The smallest absolute Gasteiger partial charge is 0.128 e. The van der Waals surface area contributed by atoms with Gasteiger partial charge in [-0.2, -0.15) is 0 Å². The molecule has 1 fully saturated rings. The number of nitrogens with zero attached hydrogens (tertiary/aromatic N) is 2. The van der Waals surface area contributed by atoms with Crippen molar-refractivity contribution in [2.24, 2.45) is 0 Å². The van der Waals surface area contributed by atoms with Gasteiger partial charge in [-0.25, -0.2) is 0 Å². The Labute approximate surface area is 175 Å². The van der Waals surface area contributed by atoms with Gasteiger partial charge in [0.1, 0.15) is 12.4 Å². The highest BCUT2D eigenvalue weighted by Crippen LogP contribution is 2.41. The molecule has 6 heteroatoms. The molecule has 0 aromatic heterocycles. The average Bonchev–Trinajstić information content (AvgIpc) is 2.86. The van der Waals surface area contributed by atoms with E-state index in [9.17, 15) is 0 Å². The minimum atomic E-state index is 0.236. The van der Waals surface area contributed by atoms with Gasteiger partial charge in [0.05, 0.1) is 6.61 Å². The maximum absolute atomic E-state index is 9.07. The number of hydrogen-bond donors (Lipinski definition) is 1. The van der Waals surface area contributed by atoms with Gasteiger partial charge in [0.25, 0.3) is 0 Å². The van der Waals surface area contributed by atoms with E-state index in [0.717, 1.165) is 61.2 Å². The number of aliphatic hydroxyl groups is 1. The van der Waals surface area contributed by atoms with Crippen LogP contribution in [-0.2, 0) is 4.74 Å².